The fourth-order valence-corrected chi connectivity index (χ4v) is 3.14. The zero-order valence-electron chi connectivity index (χ0n) is 15.0. The van der Waals surface area contributed by atoms with E-state index in [-0.39, 0.29) is 18.4 Å². The quantitative estimate of drug-likeness (QED) is 0.777. The molecule has 0 radical (unpaired) electrons. The van der Waals surface area contributed by atoms with Gasteiger partial charge in [-0.1, -0.05) is 40.9 Å². The summed E-state index contributed by atoms with van der Waals surface area (Å²) in [5.41, 5.74) is 1.63. The molecule has 3 rings (SSSR count). The third-order valence-electron chi connectivity index (χ3n) is 4.47. The van der Waals surface area contributed by atoms with Crippen LogP contribution in [0.2, 0.25) is 10.0 Å². The molecule has 0 atom stereocenters. The molecule has 1 aliphatic rings. The van der Waals surface area contributed by atoms with Crippen LogP contribution in [-0.2, 0) is 4.79 Å². The van der Waals surface area contributed by atoms with Crippen molar-refractivity contribution < 1.29 is 14.3 Å². The van der Waals surface area contributed by atoms with Crippen LogP contribution in [0.15, 0.2) is 42.5 Å². The van der Waals surface area contributed by atoms with Crippen molar-refractivity contribution in [1.82, 2.24) is 9.80 Å². The van der Waals surface area contributed by atoms with E-state index in [2.05, 4.69) is 0 Å². The Labute approximate surface area is 168 Å². The first kappa shape index (κ1) is 19.5. The standard InChI is InChI=1S/C20H20Cl2N2O3/c1-14-2-5-16(6-3-14)27-13-19(25)23-8-10-24(11-9-23)20(26)15-4-7-17(21)18(22)12-15/h2-7,12H,8-11,13H2,1H3. The second kappa shape index (κ2) is 8.63. The lowest BCUT2D eigenvalue weighted by Gasteiger charge is -2.34. The molecule has 0 spiro atoms. The van der Waals surface area contributed by atoms with Gasteiger partial charge < -0.3 is 14.5 Å². The summed E-state index contributed by atoms with van der Waals surface area (Å²) in [6.45, 7) is 3.87. The summed E-state index contributed by atoms with van der Waals surface area (Å²) in [5, 5.41) is 0.766. The van der Waals surface area contributed by atoms with E-state index in [4.69, 9.17) is 27.9 Å². The molecule has 0 saturated carbocycles. The number of halogens is 2. The van der Waals surface area contributed by atoms with Crippen LogP contribution in [0.25, 0.3) is 0 Å². The van der Waals surface area contributed by atoms with E-state index in [1.807, 2.05) is 31.2 Å². The maximum atomic E-state index is 12.6. The zero-order chi connectivity index (χ0) is 19.4. The van der Waals surface area contributed by atoms with Crippen molar-refractivity contribution >= 4 is 35.0 Å². The van der Waals surface area contributed by atoms with Gasteiger partial charge in [0, 0.05) is 31.7 Å². The number of piperazine rings is 1. The first-order chi connectivity index (χ1) is 12.9. The molecular weight excluding hydrogens is 387 g/mol. The molecule has 5 nitrogen and oxygen atoms in total. The Kier molecular flexibility index (Phi) is 6.24. The van der Waals surface area contributed by atoms with Crippen LogP contribution < -0.4 is 4.74 Å². The zero-order valence-corrected chi connectivity index (χ0v) is 16.5. The Bertz CT molecular complexity index is 832. The Balaban J connectivity index is 1.50. The summed E-state index contributed by atoms with van der Waals surface area (Å²) in [6.07, 6.45) is 0. The molecule has 7 heteroatoms. The van der Waals surface area contributed by atoms with E-state index in [9.17, 15) is 9.59 Å². The van der Waals surface area contributed by atoms with E-state index in [0.29, 0.717) is 47.5 Å². The second-order valence-corrected chi connectivity index (χ2v) is 7.22. The minimum absolute atomic E-state index is 0.0101. The molecular formula is C20H20Cl2N2O3. The normalized spacial score (nSPS) is 14.2. The molecule has 2 aromatic rings. The highest BCUT2D eigenvalue weighted by Crippen LogP contribution is 2.23. The number of benzene rings is 2. The van der Waals surface area contributed by atoms with Gasteiger partial charge in [-0.25, -0.2) is 0 Å². The monoisotopic (exact) mass is 406 g/mol. The van der Waals surface area contributed by atoms with Crippen LogP contribution in [0.3, 0.4) is 0 Å². The van der Waals surface area contributed by atoms with Crippen LogP contribution in [0.4, 0.5) is 0 Å². The van der Waals surface area contributed by atoms with E-state index in [1.165, 1.54) is 0 Å². The average Bonchev–Trinajstić information content (AvgIpc) is 2.69. The molecule has 2 amide bonds. The lowest BCUT2D eigenvalue weighted by Crippen LogP contribution is -2.51. The van der Waals surface area contributed by atoms with E-state index < -0.39 is 0 Å². The number of carbonyl (C=O) groups excluding carboxylic acids is 2. The Morgan fingerprint density at radius 3 is 2.19 bits per heavy atom. The molecule has 0 aromatic heterocycles. The molecule has 0 N–H and O–H groups in total. The van der Waals surface area contributed by atoms with Crippen molar-refractivity contribution in [1.29, 1.82) is 0 Å². The van der Waals surface area contributed by atoms with Gasteiger partial charge >= 0.3 is 0 Å². The molecule has 1 saturated heterocycles. The molecule has 142 valence electrons. The molecule has 0 aliphatic carbocycles. The van der Waals surface area contributed by atoms with Gasteiger partial charge in [0.2, 0.25) is 0 Å². The van der Waals surface area contributed by atoms with Crippen molar-refractivity contribution in [2.45, 2.75) is 6.92 Å². The largest absolute Gasteiger partial charge is 0.484 e. The predicted molar refractivity (Wildman–Crippen MR) is 106 cm³/mol. The van der Waals surface area contributed by atoms with Gasteiger partial charge in [-0.05, 0) is 37.3 Å². The number of carbonyl (C=O) groups is 2. The Hall–Kier alpha value is -2.24. The number of nitrogens with zero attached hydrogens (tertiary/aromatic N) is 2. The molecule has 1 fully saturated rings. The van der Waals surface area contributed by atoms with Crippen molar-refractivity contribution in [2.24, 2.45) is 0 Å². The molecule has 27 heavy (non-hydrogen) atoms. The number of rotatable bonds is 4. The third kappa shape index (κ3) is 4.93. The molecule has 1 heterocycles. The fourth-order valence-electron chi connectivity index (χ4n) is 2.84. The number of hydrogen-bond acceptors (Lipinski definition) is 3. The van der Waals surface area contributed by atoms with Crippen molar-refractivity contribution in [2.75, 3.05) is 32.8 Å². The van der Waals surface area contributed by atoms with Gasteiger partial charge in [-0.2, -0.15) is 0 Å². The predicted octanol–water partition coefficient (Wildman–Crippen LogP) is 3.67. The number of hydrogen-bond donors (Lipinski definition) is 0. The lowest BCUT2D eigenvalue weighted by molar-refractivity contribution is -0.134. The van der Waals surface area contributed by atoms with Crippen molar-refractivity contribution in [3.8, 4) is 5.75 Å². The smallest absolute Gasteiger partial charge is 0.260 e. The fraction of sp³-hybridized carbons (Fsp3) is 0.300. The van der Waals surface area contributed by atoms with Crippen LogP contribution in [0.5, 0.6) is 5.75 Å². The van der Waals surface area contributed by atoms with E-state index >= 15 is 0 Å². The highest BCUT2D eigenvalue weighted by atomic mass is 35.5. The maximum Gasteiger partial charge on any atom is 0.260 e. The highest BCUT2D eigenvalue weighted by molar-refractivity contribution is 6.42. The summed E-state index contributed by atoms with van der Waals surface area (Å²) >= 11 is 11.9. The van der Waals surface area contributed by atoms with Crippen LogP contribution in [-0.4, -0.2) is 54.4 Å². The minimum atomic E-state index is -0.114. The topological polar surface area (TPSA) is 49.9 Å². The highest BCUT2D eigenvalue weighted by Gasteiger charge is 2.25. The van der Waals surface area contributed by atoms with Gasteiger partial charge in [0.25, 0.3) is 11.8 Å². The second-order valence-electron chi connectivity index (χ2n) is 6.40. The first-order valence-corrected chi connectivity index (χ1v) is 9.41. The van der Waals surface area contributed by atoms with Gasteiger partial charge in [0.1, 0.15) is 5.75 Å². The number of amides is 2. The summed E-state index contributed by atoms with van der Waals surface area (Å²) in [5.74, 6) is 0.469. The SMILES string of the molecule is Cc1ccc(OCC(=O)N2CCN(C(=O)c3ccc(Cl)c(Cl)c3)CC2)cc1. The summed E-state index contributed by atoms with van der Waals surface area (Å²) in [6, 6.07) is 12.4. The van der Waals surface area contributed by atoms with Crippen molar-refractivity contribution in [3.05, 3.63) is 63.6 Å². The molecule has 0 bridgehead atoms. The number of aryl methyl sites for hydroxylation is 1. The molecule has 2 aromatic carbocycles. The molecule has 0 unspecified atom stereocenters. The van der Waals surface area contributed by atoms with Crippen LogP contribution in [0, 0.1) is 6.92 Å². The Morgan fingerprint density at radius 1 is 0.926 bits per heavy atom. The third-order valence-corrected chi connectivity index (χ3v) is 5.21. The van der Waals surface area contributed by atoms with E-state index in [1.54, 1.807) is 28.0 Å². The summed E-state index contributed by atoms with van der Waals surface area (Å²) < 4.78 is 5.55. The summed E-state index contributed by atoms with van der Waals surface area (Å²) in [7, 11) is 0. The van der Waals surface area contributed by atoms with E-state index in [0.717, 1.165) is 5.56 Å². The number of ether oxygens (including phenoxy) is 1. The minimum Gasteiger partial charge on any atom is -0.484 e. The molecule has 1 aliphatic heterocycles. The first-order valence-electron chi connectivity index (χ1n) is 8.65. The van der Waals surface area contributed by atoms with Gasteiger partial charge in [0.15, 0.2) is 6.61 Å². The average molecular weight is 407 g/mol. The van der Waals surface area contributed by atoms with Crippen molar-refractivity contribution in [3.63, 3.8) is 0 Å². The van der Waals surface area contributed by atoms with Gasteiger partial charge in [-0.3, -0.25) is 9.59 Å². The van der Waals surface area contributed by atoms with Crippen LogP contribution >= 0.6 is 23.2 Å². The maximum absolute atomic E-state index is 12.6. The van der Waals surface area contributed by atoms with Crippen LogP contribution in [0.1, 0.15) is 15.9 Å². The van der Waals surface area contributed by atoms with Gasteiger partial charge in [0.05, 0.1) is 10.0 Å². The van der Waals surface area contributed by atoms with Gasteiger partial charge in [-0.15, -0.1) is 0 Å². The lowest BCUT2D eigenvalue weighted by atomic mass is 10.2. The Morgan fingerprint density at radius 2 is 1.56 bits per heavy atom. The summed E-state index contributed by atoms with van der Waals surface area (Å²) in [4.78, 5) is 28.3.